The molecular weight excluding hydrogens is 258 g/mol. The standard InChI is InChI=1S/C10H8BrN3O/c11-9-4-8(5-12-6-9)7-14-10(15)2-1-3-13-14/h1-6H,7H2. The zero-order chi connectivity index (χ0) is 10.7. The van der Waals surface area contributed by atoms with Crippen LogP contribution in [0.4, 0.5) is 0 Å². The highest BCUT2D eigenvalue weighted by Crippen LogP contribution is 2.09. The minimum atomic E-state index is -0.113. The molecule has 0 aromatic carbocycles. The molecule has 0 atom stereocenters. The maximum Gasteiger partial charge on any atom is 0.267 e. The summed E-state index contributed by atoms with van der Waals surface area (Å²) < 4.78 is 2.28. The number of hydrogen-bond acceptors (Lipinski definition) is 3. The number of hydrogen-bond donors (Lipinski definition) is 0. The first-order chi connectivity index (χ1) is 7.25. The van der Waals surface area contributed by atoms with E-state index in [1.807, 2.05) is 6.07 Å². The summed E-state index contributed by atoms with van der Waals surface area (Å²) in [6.45, 7) is 0.437. The van der Waals surface area contributed by atoms with Crippen LogP contribution in [0.2, 0.25) is 0 Å². The molecule has 0 aliphatic rings. The Balaban J connectivity index is 2.30. The van der Waals surface area contributed by atoms with Gasteiger partial charge in [0, 0.05) is 29.1 Å². The van der Waals surface area contributed by atoms with Crippen molar-refractivity contribution < 1.29 is 0 Å². The van der Waals surface area contributed by atoms with Gasteiger partial charge in [0.1, 0.15) is 0 Å². The molecule has 0 aliphatic carbocycles. The van der Waals surface area contributed by atoms with Crippen molar-refractivity contribution in [2.75, 3.05) is 0 Å². The Morgan fingerprint density at radius 1 is 1.40 bits per heavy atom. The highest BCUT2D eigenvalue weighted by atomic mass is 79.9. The van der Waals surface area contributed by atoms with Crippen molar-refractivity contribution in [3.8, 4) is 0 Å². The monoisotopic (exact) mass is 265 g/mol. The van der Waals surface area contributed by atoms with Crippen LogP contribution in [0.5, 0.6) is 0 Å². The van der Waals surface area contributed by atoms with E-state index in [2.05, 4.69) is 26.0 Å². The van der Waals surface area contributed by atoms with Gasteiger partial charge in [-0.3, -0.25) is 9.78 Å². The smallest absolute Gasteiger partial charge is 0.267 e. The Labute approximate surface area is 94.7 Å². The fourth-order valence-corrected chi connectivity index (χ4v) is 1.63. The van der Waals surface area contributed by atoms with Crippen LogP contribution in [0.1, 0.15) is 5.56 Å². The topological polar surface area (TPSA) is 47.8 Å². The second kappa shape index (κ2) is 4.35. The van der Waals surface area contributed by atoms with Gasteiger partial charge >= 0.3 is 0 Å². The van der Waals surface area contributed by atoms with Gasteiger partial charge in [-0.2, -0.15) is 5.10 Å². The summed E-state index contributed by atoms with van der Waals surface area (Å²) >= 11 is 3.32. The van der Waals surface area contributed by atoms with Crippen LogP contribution < -0.4 is 5.56 Å². The first kappa shape index (κ1) is 10.0. The number of aromatic nitrogens is 3. The number of rotatable bonds is 2. The Morgan fingerprint density at radius 2 is 2.27 bits per heavy atom. The first-order valence-corrected chi connectivity index (χ1v) is 5.16. The van der Waals surface area contributed by atoms with Crippen LogP contribution in [-0.4, -0.2) is 14.8 Å². The summed E-state index contributed by atoms with van der Waals surface area (Å²) in [7, 11) is 0. The molecule has 2 heterocycles. The molecule has 0 amide bonds. The van der Waals surface area contributed by atoms with Crippen molar-refractivity contribution >= 4 is 15.9 Å². The maximum atomic E-state index is 11.4. The van der Waals surface area contributed by atoms with E-state index >= 15 is 0 Å². The average molecular weight is 266 g/mol. The van der Waals surface area contributed by atoms with Crippen LogP contribution >= 0.6 is 15.9 Å². The third kappa shape index (κ3) is 2.50. The maximum absolute atomic E-state index is 11.4. The van der Waals surface area contributed by atoms with E-state index in [1.165, 1.54) is 10.7 Å². The summed E-state index contributed by atoms with van der Waals surface area (Å²) in [5.74, 6) is 0. The summed E-state index contributed by atoms with van der Waals surface area (Å²) in [6.07, 6.45) is 5.00. The summed E-state index contributed by atoms with van der Waals surface area (Å²) in [6, 6.07) is 5.02. The largest absolute Gasteiger partial charge is 0.268 e. The fourth-order valence-electron chi connectivity index (χ4n) is 1.22. The van der Waals surface area contributed by atoms with Crippen molar-refractivity contribution in [1.82, 2.24) is 14.8 Å². The quantitative estimate of drug-likeness (QED) is 0.826. The molecule has 15 heavy (non-hydrogen) atoms. The molecule has 0 saturated heterocycles. The van der Waals surface area contributed by atoms with Crippen molar-refractivity contribution in [2.24, 2.45) is 0 Å². The van der Waals surface area contributed by atoms with Crippen molar-refractivity contribution in [1.29, 1.82) is 0 Å². The molecule has 2 aromatic rings. The minimum absolute atomic E-state index is 0.113. The summed E-state index contributed by atoms with van der Waals surface area (Å²) in [5, 5.41) is 3.96. The van der Waals surface area contributed by atoms with Gasteiger partial charge in [-0.1, -0.05) is 0 Å². The van der Waals surface area contributed by atoms with E-state index in [1.54, 1.807) is 24.7 Å². The lowest BCUT2D eigenvalue weighted by atomic mass is 10.3. The van der Waals surface area contributed by atoms with Gasteiger partial charge in [0.15, 0.2) is 0 Å². The SMILES string of the molecule is O=c1cccnn1Cc1cncc(Br)c1. The molecule has 0 N–H and O–H groups in total. The molecule has 5 heteroatoms. The summed E-state index contributed by atoms with van der Waals surface area (Å²) in [5.41, 5.74) is 0.822. The highest BCUT2D eigenvalue weighted by molar-refractivity contribution is 9.10. The fraction of sp³-hybridized carbons (Fsp3) is 0.100. The zero-order valence-electron chi connectivity index (χ0n) is 7.80. The minimum Gasteiger partial charge on any atom is -0.268 e. The average Bonchev–Trinajstić information content (AvgIpc) is 2.22. The molecule has 4 nitrogen and oxygen atoms in total. The Kier molecular flexibility index (Phi) is 2.91. The van der Waals surface area contributed by atoms with Gasteiger partial charge in [0.05, 0.1) is 6.54 Å². The Morgan fingerprint density at radius 3 is 3.00 bits per heavy atom. The lowest BCUT2D eigenvalue weighted by Gasteiger charge is -2.03. The molecule has 0 unspecified atom stereocenters. The van der Waals surface area contributed by atoms with Gasteiger partial charge in [-0.25, -0.2) is 4.68 Å². The number of halogens is 1. The number of nitrogens with zero attached hydrogens (tertiary/aromatic N) is 3. The van der Waals surface area contributed by atoms with E-state index < -0.39 is 0 Å². The molecule has 76 valence electrons. The molecule has 2 rings (SSSR count). The van der Waals surface area contributed by atoms with E-state index in [0.717, 1.165) is 10.0 Å². The van der Waals surface area contributed by atoms with E-state index in [9.17, 15) is 4.79 Å². The molecule has 0 aliphatic heterocycles. The Bertz CT molecular complexity index is 524. The van der Waals surface area contributed by atoms with Crippen LogP contribution in [0.15, 0.2) is 46.1 Å². The van der Waals surface area contributed by atoms with E-state index in [-0.39, 0.29) is 5.56 Å². The summed E-state index contributed by atoms with van der Waals surface area (Å²) in [4.78, 5) is 15.4. The van der Waals surface area contributed by atoms with Gasteiger partial charge in [0.25, 0.3) is 5.56 Å². The van der Waals surface area contributed by atoms with Crippen LogP contribution in [-0.2, 0) is 6.54 Å². The van der Waals surface area contributed by atoms with Crippen molar-refractivity contribution in [3.63, 3.8) is 0 Å². The predicted octanol–water partition coefficient (Wildman–Crippen LogP) is 1.45. The normalized spacial score (nSPS) is 10.2. The molecular formula is C10H8BrN3O. The molecule has 0 radical (unpaired) electrons. The second-order valence-electron chi connectivity index (χ2n) is 3.03. The molecule has 0 spiro atoms. The third-order valence-electron chi connectivity index (χ3n) is 1.88. The van der Waals surface area contributed by atoms with Gasteiger partial charge in [0.2, 0.25) is 0 Å². The zero-order valence-corrected chi connectivity index (χ0v) is 9.39. The third-order valence-corrected chi connectivity index (χ3v) is 2.31. The van der Waals surface area contributed by atoms with Crippen LogP contribution in [0.3, 0.4) is 0 Å². The van der Waals surface area contributed by atoms with Crippen molar-refractivity contribution in [3.05, 3.63) is 57.2 Å². The Hall–Kier alpha value is -1.49. The van der Waals surface area contributed by atoms with E-state index in [4.69, 9.17) is 0 Å². The second-order valence-corrected chi connectivity index (χ2v) is 3.95. The molecule has 0 bridgehead atoms. The molecule has 2 aromatic heterocycles. The van der Waals surface area contributed by atoms with Gasteiger partial charge < -0.3 is 0 Å². The van der Waals surface area contributed by atoms with E-state index in [0.29, 0.717) is 6.54 Å². The lowest BCUT2D eigenvalue weighted by molar-refractivity contribution is 0.637. The number of pyridine rings is 1. The lowest BCUT2D eigenvalue weighted by Crippen LogP contribution is -2.21. The predicted molar refractivity (Wildman–Crippen MR) is 59.5 cm³/mol. The van der Waals surface area contributed by atoms with Gasteiger partial charge in [-0.05, 0) is 33.6 Å². The van der Waals surface area contributed by atoms with Crippen molar-refractivity contribution in [2.45, 2.75) is 6.54 Å². The molecule has 0 saturated carbocycles. The van der Waals surface area contributed by atoms with Crippen LogP contribution in [0.25, 0.3) is 0 Å². The van der Waals surface area contributed by atoms with Gasteiger partial charge in [-0.15, -0.1) is 0 Å². The highest BCUT2D eigenvalue weighted by Gasteiger charge is 1.98. The molecule has 0 fully saturated rings. The van der Waals surface area contributed by atoms with Crippen LogP contribution in [0, 0.1) is 0 Å². The first-order valence-electron chi connectivity index (χ1n) is 4.37.